The summed E-state index contributed by atoms with van der Waals surface area (Å²) in [7, 11) is 0. The second-order valence-electron chi connectivity index (χ2n) is 4.91. The molecule has 3 heterocycles. The predicted molar refractivity (Wildman–Crippen MR) is 56.2 cm³/mol. The smallest absolute Gasteiger partial charge is 0.238 e. The van der Waals surface area contributed by atoms with E-state index in [1.807, 2.05) is 0 Å². The van der Waals surface area contributed by atoms with Gasteiger partial charge in [0.05, 0.1) is 12.1 Å². The van der Waals surface area contributed by atoms with Crippen molar-refractivity contribution in [1.82, 2.24) is 15.5 Å². The van der Waals surface area contributed by atoms with Crippen LogP contribution < -0.4 is 16.4 Å². The van der Waals surface area contributed by atoms with Crippen molar-refractivity contribution in [3.8, 4) is 0 Å². The first kappa shape index (κ1) is 10.0. The summed E-state index contributed by atoms with van der Waals surface area (Å²) in [5, 5.41) is 6.12. The van der Waals surface area contributed by atoms with Crippen LogP contribution in [0.25, 0.3) is 0 Å². The second kappa shape index (κ2) is 3.18. The normalized spacial score (nSPS) is 42.6. The van der Waals surface area contributed by atoms with Gasteiger partial charge in [0, 0.05) is 19.5 Å². The van der Waals surface area contributed by atoms with E-state index in [4.69, 9.17) is 5.73 Å². The quantitative estimate of drug-likeness (QED) is 0.486. The average Bonchev–Trinajstić information content (AvgIpc) is 2.87. The van der Waals surface area contributed by atoms with Crippen molar-refractivity contribution in [3.05, 3.63) is 0 Å². The lowest BCUT2D eigenvalue weighted by Gasteiger charge is -2.32. The predicted octanol–water partition coefficient (Wildman–Crippen LogP) is -1.88. The third-order valence-electron chi connectivity index (χ3n) is 3.99. The summed E-state index contributed by atoms with van der Waals surface area (Å²) in [6.07, 6.45) is 2.57. The third-order valence-corrected chi connectivity index (χ3v) is 3.99. The van der Waals surface area contributed by atoms with Crippen LogP contribution in [-0.4, -0.2) is 47.6 Å². The molecule has 3 atom stereocenters. The van der Waals surface area contributed by atoms with Crippen molar-refractivity contribution in [2.45, 2.75) is 37.0 Å². The molecule has 0 aromatic rings. The van der Waals surface area contributed by atoms with Gasteiger partial charge >= 0.3 is 0 Å². The molecule has 1 spiro atoms. The topological polar surface area (TPSA) is 87.5 Å². The molecule has 2 amide bonds. The second-order valence-corrected chi connectivity index (χ2v) is 4.91. The SMILES string of the molecule is NC(=O)C1CC2(CN1)NC(=O)C1CCCN12. The van der Waals surface area contributed by atoms with E-state index >= 15 is 0 Å². The molecular formula is C10H16N4O2. The van der Waals surface area contributed by atoms with E-state index in [-0.39, 0.29) is 29.6 Å². The Morgan fingerprint density at radius 1 is 1.56 bits per heavy atom. The third kappa shape index (κ3) is 1.20. The minimum Gasteiger partial charge on any atom is -0.368 e. The highest BCUT2D eigenvalue weighted by Crippen LogP contribution is 2.36. The van der Waals surface area contributed by atoms with Gasteiger partial charge in [-0.3, -0.25) is 14.5 Å². The molecule has 3 aliphatic heterocycles. The first-order valence-corrected chi connectivity index (χ1v) is 5.74. The Balaban J connectivity index is 1.85. The summed E-state index contributed by atoms with van der Waals surface area (Å²) in [5.74, 6) is -0.238. The zero-order valence-electron chi connectivity index (χ0n) is 9.03. The van der Waals surface area contributed by atoms with Crippen molar-refractivity contribution in [3.63, 3.8) is 0 Å². The molecule has 6 heteroatoms. The van der Waals surface area contributed by atoms with Crippen LogP contribution in [0.3, 0.4) is 0 Å². The fraction of sp³-hybridized carbons (Fsp3) is 0.800. The maximum Gasteiger partial charge on any atom is 0.238 e. The highest BCUT2D eigenvalue weighted by Gasteiger charge is 2.56. The molecule has 3 aliphatic rings. The molecule has 6 nitrogen and oxygen atoms in total. The van der Waals surface area contributed by atoms with Gasteiger partial charge in [-0.2, -0.15) is 0 Å². The highest BCUT2D eigenvalue weighted by atomic mass is 16.2. The van der Waals surface area contributed by atoms with Gasteiger partial charge in [0.15, 0.2) is 0 Å². The van der Waals surface area contributed by atoms with Gasteiger partial charge in [0.2, 0.25) is 11.8 Å². The number of hydrogen-bond donors (Lipinski definition) is 3. The molecule has 0 aromatic heterocycles. The van der Waals surface area contributed by atoms with Crippen LogP contribution >= 0.6 is 0 Å². The minimum absolute atomic E-state index is 0.00780. The average molecular weight is 224 g/mol. The number of nitrogens with zero attached hydrogens (tertiary/aromatic N) is 1. The maximum absolute atomic E-state index is 11.8. The van der Waals surface area contributed by atoms with Crippen LogP contribution in [0.2, 0.25) is 0 Å². The van der Waals surface area contributed by atoms with Crippen LogP contribution in [0.5, 0.6) is 0 Å². The largest absolute Gasteiger partial charge is 0.368 e. The number of nitrogens with one attached hydrogen (secondary N) is 2. The molecule has 0 aliphatic carbocycles. The lowest BCUT2D eigenvalue weighted by atomic mass is 10.1. The summed E-state index contributed by atoms with van der Waals surface area (Å²) < 4.78 is 0. The maximum atomic E-state index is 11.8. The number of primary amides is 1. The number of carbonyl (C=O) groups is 2. The fourth-order valence-corrected chi connectivity index (χ4v) is 3.23. The van der Waals surface area contributed by atoms with Gasteiger partial charge in [0.1, 0.15) is 5.66 Å². The molecule has 0 bridgehead atoms. The first-order valence-electron chi connectivity index (χ1n) is 5.74. The van der Waals surface area contributed by atoms with Crippen molar-refractivity contribution in [1.29, 1.82) is 0 Å². The minimum atomic E-state index is -0.363. The van der Waals surface area contributed by atoms with Crippen molar-refractivity contribution >= 4 is 11.8 Å². The number of fused-ring (bicyclic) bond motifs is 2. The lowest BCUT2D eigenvalue weighted by molar-refractivity contribution is -0.121. The molecular weight excluding hydrogens is 208 g/mol. The molecule has 88 valence electrons. The summed E-state index contributed by atoms with van der Waals surface area (Å²) in [5.41, 5.74) is 4.92. The zero-order chi connectivity index (χ0) is 11.3. The Labute approximate surface area is 93.5 Å². The first-order chi connectivity index (χ1) is 7.62. The van der Waals surface area contributed by atoms with Crippen LogP contribution in [0, 0.1) is 0 Å². The molecule has 0 aromatic carbocycles. The van der Waals surface area contributed by atoms with E-state index in [0.29, 0.717) is 13.0 Å². The number of rotatable bonds is 1. The van der Waals surface area contributed by atoms with Gasteiger partial charge in [-0.15, -0.1) is 0 Å². The Bertz CT molecular complexity index is 359. The van der Waals surface area contributed by atoms with E-state index in [0.717, 1.165) is 19.4 Å². The Morgan fingerprint density at radius 2 is 2.38 bits per heavy atom. The molecule has 16 heavy (non-hydrogen) atoms. The van der Waals surface area contributed by atoms with Crippen molar-refractivity contribution in [2.75, 3.05) is 13.1 Å². The summed E-state index contributed by atoms with van der Waals surface area (Å²) in [6, 6.07) is -0.312. The van der Waals surface area contributed by atoms with Crippen molar-refractivity contribution in [2.24, 2.45) is 5.73 Å². The van der Waals surface area contributed by atoms with E-state index in [9.17, 15) is 9.59 Å². The van der Waals surface area contributed by atoms with Crippen LogP contribution in [-0.2, 0) is 9.59 Å². The van der Waals surface area contributed by atoms with Gasteiger partial charge in [-0.1, -0.05) is 0 Å². The number of amides is 2. The molecule has 0 saturated carbocycles. The fourth-order valence-electron chi connectivity index (χ4n) is 3.23. The van der Waals surface area contributed by atoms with Crippen LogP contribution in [0.4, 0.5) is 0 Å². The molecule has 3 unspecified atom stereocenters. The van der Waals surface area contributed by atoms with Crippen LogP contribution in [0.1, 0.15) is 19.3 Å². The summed E-state index contributed by atoms with van der Waals surface area (Å²) in [6.45, 7) is 1.54. The Hall–Kier alpha value is -1.14. The van der Waals surface area contributed by atoms with Gasteiger partial charge in [-0.25, -0.2) is 0 Å². The lowest BCUT2D eigenvalue weighted by Crippen LogP contribution is -2.53. The Kier molecular flexibility index (Phi) is 1.99. The number of nitrogens with two attached hydrogens (primary N) is 1. The van der Waals surface area contributed by atoms with Gasteiger partial charge in [0.25, 0.3) is 0 Å². The Morgan fingerprint density at radius 3 is 3.06 bits per heavy atom. The van der Waals surface area contributed by atoms with E-state index in [1.54, 1.807) is 0 Å². The molecule has 0 radical (unpaired) electrons. The van der Waals surface area contributed by atoms with E-state index < -0.39 is 0 Å². The van der Waals surface area contributed by atoms with Gasteiger partial charge in [-0.05, 0) is 12.8 Å². The molecule has 4 N–H and O–H groups in total. The highest BCUT2D eigenvalue weighted by molar-refractivity contribution is 5.86. The van der Waals surface area contributed by atoms with E-state index in [2.05, 4.69) is 15.5 Å². The molecule has 3 rings (SSSR count). The molecule has 3 saturated heterocycles. The zero-order valence-corrected chi connectivity index (χ0v) is 9.03. The number of carbonyl (C=O) groups excluding carboxylic acids is 2. The number of hydrogen-bond acceptors (Lipinski definition) is 4. The summed E-state index contributed by atoms with van der Waals surface area (Å²) in [4.78, 5) is 25.1. The van der Waals surface area contributed by atoms with Crippen LogP contribution in [0.15, 0.2) is 0 Å². The monoisotopic (exact) mass is 224 g/mol. The standard InChI is InChI=1S/C10H16N4O2/c11-8(15)6-4-10(5-12-6)13-9(16)7-2-1-3-14(7)10/h6-7,12H,1-5H2,(H2,11,15)(H,13,16). The van der Waals surface area contributed by atoms with Crippen molar-refractivity contribution < 1.29 is 9.59 Å². The summed E-state index contributed by atoms with van der Waals surface area (Å²) >= 11 is 0. The van der Waals surface area contributed by atoms with E-state index in [1.165, 1.54) is 0 Å². The van der Waals surface area contributed by atoms with Gasteiger partial charge < -0.3 is 16.4 Å². The molecule has 3 fully saturated rings.